The number of para-hydroxylation sites is 1. The molecule has 2 aromatic carbocycles. The summed E-state index contributed by atoms with van der Waals surface area (Å²) in [4.78, 5) is 18.0. The van der Waals surface area contributed by atoms with E-state index in [1.807, 2.05) is 12.1 Å². The van der Waals surface area contributed by atoms with Crippen LogP contribution in [0.25, 0.3) is 0 Å². The molecule has 1 N–H and O–H groups in total. The van der Waals surface area contributed by atoms with Crippen molar-refractivity contribution in [2.75, 3.05) is 56.8 Å². The maximum absolute atomic E-state index is 13.1. The van der Waals surface area contributed by atoms with Gasteiger partial charge in [0.1, 0.15) is 5.75 Å². The van der Waals surface area contributed by atoms with E-state index in [2.05, 4.69) is 51.5 Å². The lowest BCUT2D eigenvalue weighted by atomic mass is 9.83. The summed E-state index contributed by atoms with van der Waals surface area (Å²) in [6, 6.07) is 16.9. The van der Waals surface area contributed by atoms with E-state index < -0.39 is 0 Å². The lowest BCUT2D eigenvalue weighted by molar-refractivity contribution is -0.125. The molecular weight excluding hydrogens is 378 g/mol. The number of nitrogens with zero attached hydrogens (tertiary/aromatic N) is 2. The number of carbonyl (C=O) groups excluding carboxylic acids is 1. The Labute approximate surface area is 178 Å². The van der Waals surface area contributed by atoms with Gasteiger partial charge in [0.2, 0.25) is 5.91 Å². The Morgan fingerprint density at radius 1 is 1.10 bits per heavy atom. The summed E-state index contributed by atoms with van der Waals surface area (Å²) in [7, 11) is 3.37. The first-order valence-corrected chi connectivity index (χ1v) is 10.7. The van der Waals surface area contributed by atoms with Gasteiger partial charge in [-0.2, -0.15) is 0 Å². The van der Waals surface area contributed by atoms with Crippen LogP contribution < -0.4 is 19.9 Å². The van der Waals surface area contributed by atoms with E-state index in [1.54, 1.807) is 14.2 Å². The summed E-state index contributed by atoms with van der Waals surface area (Å²) in [6.07, 6.45) is 1.61. The molecule has 4 rings (SSSR count). The third-order valence-electron chi connectivity index (χ3n) is 6.22. The summed E-state index contributed by atoms with van der Waals surface area (Å²) in [5.41, 5.74) is 3.72. The highest BCUT2D eigenvalue weighted by Crippen LogP contribution is 2.37. The minimum Gasteiger partial charge on any atom is -0.497 e. The van der Waals surface area contributed by atoms with Crippen LogP contribution >= 0.6 is 0 Å². The van der Waals surface area contributed by atoms with Crippen LogP contribution in [0.4, 0.5) is 11.4 Å². The first-order valence-electron chi connectivity index (χ1n) is 10.7. The molecule has 6 nitrogen and oxygen atoms in total. The summed E-state index contributed by atoms with van der Waals surface area (Å²) >= 11 is 0. The van der Waals surface area contributed by atoms with E-state index >= 15 is 0 Å². The highest BCUT2D eigenvalue weighted by molar-refractivity contribution is 5.82. The lowest BCUT2D eigenvalue weighted by Gasteiger charge is -2.49. The molecule has 1 saturated heterocycles. The van der Waals surface area contributed by atoms with Crippen molar-refractivity contribution in [1.29, 1.82) is 0 Å². The Balaban J connectivity index is 1.54. The SMILES string of the molecule is COCCCNC(=O)C1Cc2ccccc2N2CCN(c3ccc(OC)cc3)CC12. The number of rotatable bonds is 7. The number of amides is 1. The Kier molecular flexibility index (Phi) is 6.43. The predicted octanol–water partition coefficient (Wildman–Crippen LogP) is 2.72. The fraction of sp³-hybridized carbons (Fsp3) is 0.458. The summed E-state index contributed by atoms with van der Waals surface area (Å²) < 4.78 is 10.4. The molecule has 2 heterocycles. The second-order valence-corrected chi connectivity index (χ2v) is 7.98. The molecule has 0 aliphatic carbocycles. The first kappa shape index (κ1) is 20.5. The van der Waals surface area contributed by atoms with Crippen LogP contribution in [0.2, 0.25) is 0 Å². The van der Waals surface area contributed by atoms with Crippen molar-refractivity contribution < 1.29 is 14.3 Å². The van der Waals surface area contributed by atoms with Crippen molar-refractivity contribution in [3.05, 3.63) is 54.1 Å². The van der Waals surface area contributed by atoms with Crippen molar-refractivity contribution >= 4 is 17.3 Å². The molecule has 0 bridgehead atoms. The van der Waals surface area contributed by atoms with Gasteiger partial charge in [-0.05, 0) is 48.7 Å². The average Bonchev–Trinajstić information content (AvgIpc) is 2.81. The minimum absolute atomic E-state index is 0.0662. The van der Waals surface area contributed by atoms with Gasteiger partial charge in [-0.15, -0.1) is 0 Å². The number of piperazine rings is 1. The molecule has 0 saturated carbocycles. The van der Waals surface area contributed by atoms with Gasteiger partial charge in [0.15, 0.2) is 0 Å². The number of anilines is 2. The third-order valence-corrected chi connectivity index (χ3v) is 6.22. The molecule has 1 fully saturated rings. The van der Waals surface area contributed by atoms with Crippen LogP contribution in [0.5, 0.6) is 5.75 Å². The van der Waals surface area contributed by atoms with E-state index in [0.29, 0.717) is 13.2 Å². The van der Waals surface area contributed by atoms with E-state index in [0.717, 1.165) is 38.2 Å². The van der Waals surface area contributed by atoms with Gasteiger partial charge < -0.3 is 24.6 Å². The van der Waals surface area contributed by atoms with Crippen LogP contribution in [0.1, 0.15) is 12.0 Å². The fourth-order valence-corrected chi connectivity index (χ4v) is 4.64. The molecule has 0 spiro atoms. The quantitative estimate of drug-likeness (QED) is 0.713. The van der Waals surface area contributed by atoms with Crippen molar-refractivity contribution in [3.63, 3.8) is 0 Å². The fourth-order valence-electron chi connectivity index (χ4n) is 4.64. The average molecular weight is 410 g/mol. The van der Waals surface area contributed by atoms with Crippen LogP contribution in [0.15, 0.2) is 48.5 Å². The Hall–Kier alpha value is -2.73. The van der Waals surface area contributed by atoms with E-state index in [-0.39, 0.29) is 17.9 Å². The number of fused-ring (bicyclic) bond motifs is 3. The van der Waals surface area contributed by atoms with E-state index in [1.165, 1.54) is 16.9 Å². The van der Waals surface area contributed by atoms with Gasteiger partial charge in [-0.25, -0.2) is 0 Å². The second kappa shape index (κ2) is 9.39. The standard InChI is InChI=1S/C24H31N3O3/c1-29-15-5-12-25-24(28)21-16-18-6-3-4-7-22(18)27-14-13-26(17-23(21)27)19-8-10-20(30-2)11-9-19/h3-4,6-11,21,23H,5,12-17H2,1-2H3,(H,25,28). The topological polar surface area (TPSA) is 54.0 Å². The number of hydrogen-bond acceptors (Lipinski definition) is 5. The monoisotopic (exact) mass is 409 g/mol. The van der Waals surface area contributed by atoms with Crippen molar-refractivity contribution in [2.45, 2.75) is 18.9 Å². The Morgan fingerprint density at radius 2 is 1.90 bits per heavy atom. The van der Waals surface area contributed by atoms with Crippen LogP contribution in [0.3, 0.4) is 0 Å². The zero-order valence-electron chi connectivity index (χ0n) is 17.8. The van der Waals surface area contributed by atoms with Crippen molar-refractivity contribution in [3.8, 4) is 5.75 Å². The van der Waals surface area contributed by atoms with Crippen molar-refractivity contribution in [2.24, 2.45) is 5.92 Å². The normalized spacial score (nSPS) is 20.3. The predicted molar refractivity (Wildman–Crippen MR) is 119 cm³/mol. The number of methoxy groups -OCH3 is 2. The molecule has 160 valence electrons. The number of carbonyl (C=O) groups is 1. The maximum Gasteiger partial charge on any atom is 0.225 e. The molecule has 30 heavy (non-hydrogen) atoms. The maximum atomic E-state index is 13.1. The molecule has 2 atom stereocenters. The van der Waals surface area contributed by atoms with Crippen molar-refractivity contribution in [1.82, 2.24) is 5.32 Å². The first-order chi connectivity index (χ1) is 14.7. The Bertz CT molecular complexity index is 855. The second-order valence-electron chi connectivity index (χ2n) is 7.98. The van der Waals surface area contributed by atoms with Crippen LogP contribution in [-0.2, 0) is 16.0 Å². The lowest BCUT2D eigenvalue weighted by Crippen LogP contribution is -2.61. The minimum atomic E-state index is -0.0662. The van der Waals surface area contributed by atoms with Gasteiger partial charge in [-0.1, -0.05) is 18.2 Å². The highest BCUT2D eigenvalue weighted by Gasteiger charge is 2.41. The molecule has 0 radical (unpaired) electrons. The smallest absolute Gasteiger partial charge is 0.225 e. The molecule has 1 amide bonds. The summed E-state index contributed by atoms with van der Waals surface area (Å²) in [5.74, 6) is 0.938. The summed E-state index contributed by atoms with van der Waals surface area (Å²) in [6.45, 7) is 3.98. The zero-order valence-corrected chi connectivity index (χ0v) is 17.8. The Morgan fingerprint density at radius 3 is 2.67 bits per heavy atom. The van der Waals surface area contributed by atoms with Crippen LogP contribution in [0, 0.1) is 5.92 Å². The number of ether oxygens (including phenoxy) is 2. The molecule has 6 heteroatoms. The van der Waals surface area contributed by atoms with Crippen LogP contribution in [-0.4, -0.2) is 59.0 Å². The van der Waals surface area contributed by atoms with Gasteiger partial charge in [0.05, 0.1) is 19.1 Å². The third kappa shape index (κ3) is 4.24. The van der Waals surface area contributed by atoms with E-state index in [9.17, 15) is 4.79 Å². The molecule has 2 aromatic rings. The van der Waals surface area contributed by atoms with Gasteiger partial charge in [0, 0.05) is 51.3 Å². The van der Waals surface area contributed by atoms with Gasteiger partial charge >= 0.3 is 0 Å². The number of benzene rings is 2. The molecule has 2 aliphatic heterocycles. The summed E-state index contributed by atoms with van der Waals surface area (Å²) in [5, 5.41) is 3.14. The number of nitrogens with one attached hydrogen (secondary N) is 1. The van der Waals surface area contributed by atoms with Gasteiger partial charge in [0.25, 0.3) is 0 Å². The molecule has 2 aliphatic rings. The van der Waals surface area contributed by atoms with Gasteiger partial charge in [-0.3, -0.25) is 4.79 Å². The highest BCUT2D eigenvalue weighted by atomic mass is 16.5. The largest absolute Gasteiger partial charge is 0.497 e. The van der Waals surface area contributed by atoms with E-state index in [4.69, 9.17) is 9.47 Å². The number of hydrogen-bond donors (Lipinski definition) is 1. The molecule has 2 unspecified atom stereocenters. The molecule has 0 aromatic heterocycles. The zero-order chi connectivity index (χ0) is 20.9. The molecular formula is C24H31N3O3.